The Morgan fingerprint density at radius 1 is 1.36 bits per heavy atom. The van der Waals surface area contributed by atoms with Crippen LogP contribution in [0, 0.1) is 0 Å². The number of ether oxygens (including phenoxy) is 1. The molecule has 1 amide bonds. The number of benzene rings is 2. The Kier molecular flexibility index (Phi) is 7.79. The molecule has 3 rings (SSSR count). The minimum atomic E-state index is -2.68. The van der Waals surface area contributed by atoms with Crippen LogP contribution in [0.4, 0.5) is 5.69 Å². The van der Waals surface area contributed by atoms with Crippen molar-refractivity contribution in [3.63, 3.8) is 0 Å². The second-order valence-electron chi connectivity index (χ2n) is 6.47. The third-order valence-corrected chi connectivity index (χ3v) is 5.33. The number of hydrogen-bond acceptors (Lipinski definition) is 6. The third-order valence-electron chi connectivity index (χ3n) is 4.99. The maximum absolute atomic E-state index is 13.0. The van der Waals surface area contributed by atoms with E-state index in [1.165, 1.54) is 7.11 Å². The summed E-state index contributed by atoms with van der Waals surface area (Å²) in [5.74, 6) is -0.0571. The van der Waals surface area contributed by atoms with Crippen molar-refractivity contribution in [2.75, 3.05) is 26.7 Å². The van der Waals surface area contributed by atoms with Crippen molar-refractivity contribution in [3.8, 4) is 5.75 Å². The fourth-order valence-electron chi connectivity index (χ4n) is 3.73. The van der Waals surface area contributed by atoms with E-state index >= 15 is 0 Å². The summed E-state index contributed by atoms with van der Waals surface area (Å²) in [7, 11) is -1.21. The summed E-state index contributed by atoms with van der Waals surface area (Å²) in [5.41, 5.74) is 0.219. The highest BCUT2D eigenvalue weighted by molar-refractivity contribution is 7.61. The van der Waals surface area contributed by atoms with Gasteiger partial charge in [-0.25, -0.2) is 0 Å². The summed E-state index contributed by atoms with van der Waals surface area (Å²) in [6, 6.07) is 9.21. The summed E-state index contributed by atoms with van der Waals surface area (Å²) >= 11 is 0. The second-order valence-corrected chi connectivity index (χ2v) is 7.08. The van der Waals surface area contributed by atoms with Gasteiger partial charge in [-0.1, -0.05) is 31.2 Å². The van der Waals surface area contributed by atoms with Gasteiger partial charge in [-0.05, 0) is 37.4 Å². The van der Waals surface area contributed by atoms with Gasteiger partial charge in [0.2, 0.25) is 0 Å². The van der Waals surface area contributed by atoms with Gasteiger partial charge < -0.3 is 10.1 Å². The number of nitrogens with one attached hydrogen (secondary N) is 1. The standard InChI is InChI=1S/C19H23N3O4S.ClH/c1-3-22-10-6-8-14(22)12-20-19(23)17-16(21-27(24)25)11-13-7-4-5-9-15(13)18(17)26-2;/h4-5,7,9,11,14H,3,6,8,10,12H2,1-2H3,(H,20,23);1H. The molecule has 1 aliphatic heterocycles. The lowest BCUT2D eigenvalue weighted by Gasteiger charge is -2.23. The van der Waals surface area contributed by atoms with E-state index in [0.717, 1.165) is 36.7 Å². The summed E-state index contributed by atoms with van der Waals surface area (Å²) < 4.78 is 31.5. The Bertz CT molecular complexity index is 986. The van der Waals surface area contributed by atoms with Crippen LogP contribution in [-0.4, -0.2) is 52.0 Å². The number of amides is 1. The van der Waals surface area contributed by atoms with Crippen molar-refractivity contribution in [1.29, 1.82) is 0 Å². The third kappa shape index (κ3) is 4.63. The number of carbonyl (C=O) groups excluding carboxylic acids is 1. The number of likely N-dealkylation sites (N-methyl/N-ethyl adjacent to an activating group) is 1. The predicted molar refractivity (Wildman–Crippen MR) is 111 cm³/mol. The van der Waals surface area contributed by atoms with Gasteiger partial charge in [0.15, 0.2) is 0 Å². The summed E-state index contributed by atoms with van der Waals surface area (Å²) in [6.07, 6.45) is 2.15. The van der Waals surface area contributed by atoms with Crippen LogP contribution in [0.1, 0.15) is 30.1 Å². The number of rotatable bonds is 6. The van der Waals surface area contributed by atoms with Gasteiger partial charge in [0, 0.05) is 18.0 Å². The molecule has 0 radical (unpaired) electrons. The van der Waals surface area contributed by atoms with E-state index in [4.69, 9.17) is 4.74 Å². The molecule has 1 unspecified atom stereocenters. The van der Waals surface area contributed by atoms with Crippen LogP contribution in [0.5, 0.6) is 5.75 Å². The highest BCUT2D eigenvalue weighted by Crippen LogP contribution is 2.37. The molecule has 1 fully saturated rings. The van der Waals surface area contributed by atoms with E-state index in [1.807, 2.05) is 24.3 Å². The molecule has 0 saturated carbocycles. The first kappa shape index (κ1) is 22.1. The molecule has 1 heterocycles. The molecule has 0 aliphatic carbocycles. The Hall–Kier alpha value is -2.16. The average molecular weight is 426 g/mol. The first-order chi connectivity index (χ1) is 13.0. The highest BCUT2D eigenvalue weighted by atomic mass is 35.5. The minimum absolute atomic E-state index is 0. The van der Waals surface area contributed by atoms with Crippen LogP contribution in [0.25, 0.3) is 10.8 Å². The lowest BCUT2D eigenvalue weighted by Crippen LogP contribution is -2.40. The van der Waals surface area contributed by atoms with Crippen molar-refractivity contribution in [2.45, 2.75) is 25.8 Å². The van der Waals surface area contributed by atoms with Crippen LogP contribution in [0.2, 0.25) is 0 Å². The van der Waals surface area contributed by atoms with Crippen LogP contribution >= 0.6 is 12.4 Å². The first-order valence-corrected chi connectivity index (χ1v) is 10.0. The first-order valence-electron chi connectivity index (χ1n) is 8.98. The number of nitrogens with zero attached hydrogens (tertiary/aromatic N) is 2. The molecule has 152 valence electrons. The molecular formula is C19H24ClN3O4S. The number of halogens is 1. The van der Waals surface area contributed by atoms with E-state index in [0.29, 0.717) is 18.3 Å². The summed E-state index contributed by atoms with van der Waals surface area (Å²) in [6.45, 7) is 4.58. The summed E-state index contributed by atoms with van der Waals surface area (Å²) in [4.78, 5) is 15.3. The van der Waals surface area contributed by atoms with E-state index in [1.54, 1.807) is 6.07 Å². The van der Waals surface area contributed by atoms with E-state index in [-0.39, 0.29) is 29.6 Å². The van der Waals surface area contributed by atoms with Crippen molar-refractivity contribution < 1.29 is 17.9 Å². The highest BCUT2D eigenvalue weighted by Gasteiger charge is 2.26. The van der Waals surface area contributed by atoms with Gasteiger partial charge in [0.25, 0.3) is 5.91 Å². The molecule has 7 nitrogen and oxygen atoms in total. The zero-order chi connectivity index (χ0) is 19.4. The van der Waals surface area contributed by atoms with Crippen molar-refractivity contribution >= 4 is 45.3 Å². The second kappa shape index (κ2) is 9.86. The molecule has 1 N–H and O–H groups in total. The number of hydrogen-bond donors (Lipinski definition) is 1. The largest absolute Gasteiger partial charge is 0.495 e. The molecule has 2 aromatic carbocycles. The lowest BCUT2D eigenvalue weighted by molar-refractivity contribution is 0.0939. The van der Waals surface area contributed by atoms with Crippen LogP contribution < -0.4 is 10.1 Å². The molecule has 0 spiro atoms. The van der Waals surface area contributed by atoms with Crippen molar-refractivity contribution in [1.82, 2.24) is 10.2 Å². The Morgan fingerprint density at radius 2 is 2.11 bits per heavy atom. The van der Waals surface area contributed by atoms with Gasteiger partial charge in [-0.2, -0.15) is 8.42 Å². The van der Waals surface area contributed by atoms with Gasteiger partial charge >= 0.3 is 10.5 Å². The van der Waals surface area contributed by atoms with E-state index in [2.05, 4.69) is 21.5 Å². The molecule has 1 aliphatic rings. The molecule has 2 aromatic rings. The zero-order valence-corrected chi connectivity index (χ0v) is 17.5. The zero-order valence-electron chi connectivity index (χ0n) is 15.8. The van der Waals surface area contributed by atoms with Crippen LogP contribution in [0.15, 0.2) is 34.7 Å². The fourth-order valence-corrected chi connectivity index (χ4v) is 4.03. The molecule has 0 aromatic heterocycles. The number of methoxy groups -OCH3 is 1. The number of fused-ring (bicyclic) bond motifs is 1. The molecule has 9 heteroatoms. The van der Waals surface area contributed by atoms with Gasteiger partial charge in [-0.15, -0.1) is 16.8 Å². The Morgan fingerprint density at radius 3 is 2.79 bits per heavy atom. The topological polar surface area (TPSA) is 88.1 Å². The molecule has 28 heavy (non-hydrogen) atoms. The predicted octanol–water partition coefficient (Wildman–Crippen LogP) is 3.18. The minimum Gasteiger partial charge on any atom is -0.495 e. The van der Waals surface area contributed by atoms with Crippen molar-refractivity contribution in [3.05, 3.63) is 35.9 Å². The van der Waals surface area contributed by atoms with Gasteiger partial charge in [0.05, 0.1) is 12.8 Å². The van der Waals surface area contributed by atoms with Gasteiger partial charge in [0.1, 0.15) is 11.3 Å². The van der Waals surface area contributed by atoms with Crippen LogP contribution in [-0.2, 0) is 10.5 Å². The lowest BCUT2D eigenvalue weighted by atomic mass is 10.0. The van der Waals surface area contributed by atoms with E-state index < -0.39 is 10.5 Å². The van der Waals surface area contributed by atoms with Crippen molar-refractivity contribution in [2.24, 2.45) is 4.36 Å². The Balaban J connectivity index is 0.00000280. The van der Waals surface area contributed by atoms with Gasteiger partial charge in [-0.3, -0.25) is 9.69 Å². The molecular weight excluding hydrogens is 402 g/mol. The number of likely N-dealkylation sites (tertiary alicyclic amines) is 1. The SMILES string of the molecule is CCN1CCCC1CNC(=O)c1c(N=S(=O)=O)cc2ccccc2c1OC.Cl. The molecule has 0 bridgehead atoms. The van der Waals surface area contributed by atoms with E-state index in [9.17, 15) is 13.2 Å². The maximum Gasteiger partial charge on any atom is 0.316 e. The monoisotopic (exact) mass is 425 g/mol. The number of carbonyl (C=O) groups is 1. The fraction of sp³-hybridized carbons (Fsp3) is 0.421. The molecule has 1 atom stereocenters. The average Bonchev–Trinajstić information content (AvgIpc) is 3.12. The smallest absolute Gasteiger partial charge is 0.316 e. The quantitative estimate of drug-likeness (QED) is 0.767. The normalized spacial score (nSPS) is 16.4. The summed E-state index contributed by atoms with van der Waals surface area (Å²) in [5, 5.41) is 4.42. The Labute approximate surface area is 172 Å². The maximum atomic E-state index is 13.0. The molecule has 1 saturated heterocycles. The van der Waals surface area contributed by atoms with Crippen LogP contribution in [0.3, 0.4) is 0 Å².